The monoisotopic (exact) mass is 265 g/mol. The Morgan fingerprint density at radius 1 is 1.05 bits per heavy atom. The van der Waals surface area contributed by atoms with Crippen LogP contribution in [0.15, 0.2) is 24.3 Å². The van der Waals surface area contributed by atoms with Crippen LogP contribution in [0.25, 0.3) is 0 Å². The third-order valence-electron chi connectivity index (χ3n) is 2.56. The highest BCUT2D eigenvalue weighted by Gasteiger charge is 2.12. The van der Waals surface area contributed by atoms with Crippen LogP contribution in [0.2, 0.25) is 0 Å². The van der Waals surface area contributed by atoms with E-state index in [1.54, 1.807) is 24.3 Å². The maximum Gasteiger partial charge on any atom is 0.323 e. The largest absolute Gasteiger partial charge is 0.481 e. The van der Waals surface area contributed by atoms with Crippen molar-refractivity contribution in [1.29, 1.82) is 0 Å². The lowest BCUT2D eigenvalue weighted by molar-refractivity contribution is -0.138. The highest BCUT2D eigenvalue weighted by atomic mass is 16.4. The van der Waals surface area contributed by atoms with Gasteiger partial charge in [-0.1, -0.05) is 0 Å². The molecule has 6 heteroatoms. The number of aliphatic carboxylic acids is 2. The molecule has 19 heavy (non-hydrogen) atoms. The minimum atomic E-state index is -1.04. The Bertz CT molecular complexity index is 480. The number of nitrogens with zero attached hydrogens (tertiary/aromatic N) is 1. The number of benzene rings is 1. The smallest absolute Gasteiger partial charge is 0.323 e. The molecule has 0 aromatic heterocycles. The van der Waals surface area contributed by atoms with Crippen LogP contribution in [0.4, 0.5) is 5.69 Å². The molecule has 0 atom stereocenters. The lowest BCUT2D eigenvalue weighted by Gasteiger charge is -2.22. The van der Waals surface area contributed by atoms with Crippen LogP contribution >= 0.6 is 0 Å². The third kappa shape index (κ3) is 4.79. The molecule has 6 nitrogen and oxygen atoms in total. The molecule has 0 saturated heterocycles. The number of carbonyl (C=O) groups is 3. The normalized spacial score (nSPS) is 9.95. The lowest BCUT2D eigenvalue weighted by atomic mass is 10.1. The predicted octanol–water partition coefficient (Wildman–Crippen LogP) is 1.25. The summed E-state index contributed by atoms with van der Waals surface area (Å²) in [6.45, 7) is 1.25. The van der Waals surface area contributed by atoms with Gasteiger partial charge in [-0.25, -0.2) is 0 Å². The zero-order valence-electron chi connectivity index (χ0n) is 10.5. The molecule has 0 aliphatic heterocycles. The topological polar surface area (TPSA) is 94.9 Å². The van der Waals surface area contributed by atoms with E-state index in [-0.39, 0.29) is 25.3 Å². The van der Waals surface area contributed by atoms with Crippen LogP contribution in [0, 0.1) is 0 Å². The molecule has 0 aliphatic carbocycles. The molecule has 1 aromatic carbocycles. The van der Waals surface area contributed by atoms with Crippen molar-refractivity contribution in [3.8, 4) is 0 Å². The van der Waals surface area contributed by atoms with Gasteiger partial charge in [-0.3, -0.25) is 14.4 Å². The molecule has 0 aliphatic rings. The van der Waals surface area contributed by atoms with E-state index in [1.165, 1.54) is 11.8 Å². The molecule has 1 aromatic rings. The first-order valence-electron chi connectivity index (χ1n) is 5.69. The summed E-state index contributed by atoms with van der Waals surface area (Å²) in [5, 5.41) is 17.5. The summed E-state index contributed by atoms with van der Waals surface area (Å²) in [5.41, 5.74) is 1.10. The van der Waals surface area contributed by atoms with E-state index in [0.29, 0.717) is 11.3 Å². The van der Waals surface area contributed by atoms with Gasteiger partial charge < -0.3 is 15.1 Å². The second-order valence-corrected chi connectivity index (χ2v) is 4.06. The van der Waals surface area contributed by atoms with Crippen molar-refractivity contribution >= 4 is 23.4 Å². The number of hydrogen-bond acceptors (Lipinski definition) is 4. The molecular weight excluding hydrogens is 250 g/mol. The molecule has 102 valence electrons. The Hall–Kier alpha value is -2.37. The lowest BCUT2D eigenvalue weighted by Crippen LogP contribution is -2.31. The van der Waals surface area contributed by atoms with E-state index in [0.717, 1.165) is 0 Å². The summed E-state index contributed by atoms with van der Waals surface area (Å²) in [4.78, 5) is 33.9. The van der Waals surface area contributed by atoms with E-state index in [4.69, 9.17) is 10.2 Å². The van der Waals surface area contributed by atoms with Crippen LogP contribution in [0.3, 0.4) is 0 Å². The Balaban J connectivity index is 2.86. The first-order valence-corrected chi connectivity index (χ1v) is 5.69. The number of Topliss-reactive ketones (excluding diaryl/α,β-unsaturated/α-hetero) is 1. The Morgan fingerprint density at radius 2 is 1.63 bits per heavy atom. The average Bonchev–Trinajstić information content (AvgIpc) is 2.34. The zero-order chi connectivity index (χ0) is 14.4. The molecule has 0 amide bonds. The number of hydrogen-bond donors (Lipinski definition) is 2. The second-order valence-electron chi connectivity index (χ2n) is 4.06. The molecule has 0 radical (unpaired) electrons. The minimum absolute atomic E-state index is 0.0816. The Kier molecular flexibility index (Phi) is 5.05. The molecule has 0 heterocycles. The summed E-state index contributed by atoms with van der Waals surface area (Å²) >= 11 is 0. The van der Waals surface area contributed by atoms with Crippen molar-refractivity contribution in [2.24, 2.45) is 0 Å². The molecule has 0 bridgehead atoms. The average molecular weight is 265 g/mol. The number of rotatable bonds is 7. The van der Waals surface area contributed by atoms with Crippen LogP contribution in [-0.4, -0.2) is 41.0 Å². The van der Waals surface area contributed by atoms with Gasteiger partial charge in [0.2, 0.25) is 0 Å². The van der Waals surface area contributed by atoms with Gasteiger partial charge in [-0.05, 0) is 31.2 Å². The Morgan fingerprint density at radius 3 is 2.05 bits per heavy atom. The van der Waals surface area contributed by atoms with Crippen LogP contribution in [0.1, 0.15) is 23.7 Å². The van der Waals surface area contributed by atoms with Crippen LogP contribution < -0.4 is 4.90 Å². The van der Waals surface area contributed by atoms with Gasteiger partial charge in [0.05, 0.1) is 6.42 Å². The number of carboxylic acid groups (broad SMARTS) is 2. The quantitative estimate of drug-likeness (QED) is 0.720. The molecule has 0 unspecified atom stereocenters. The van der Waals surface area contributed by atoms with E-state index < -0.39 is 11.9 Å². The van der Waals surface area contributed by atoms with Crippen molar-refractivity contribution in [1.82, 2.24) is 0 Å². The van der Waals surface area contributed by atoms with E-state index in [9.17, 15) is 14.4 Å². The third-order valence-corrected chi connectivity index (χ3v) is 2.56. The van der Waals surface area contributed by atoms with Gasteiger partial charge in [0.15, 0.2) is 5.78 Å². The van der Waals surface area contributed by atoms with Crippen molar-refractivity contribution in [2.45, 2.75) is 13.3 Å². The van der Waals surface area contributed by atoms with E-state index >= 15 is 0 Å². The van der Waals surface area contributed by atoms with Gasteiger partial charge in [-0.2, -0.15) is 0 Å². The zero-order valence-corrected chi connectivity index (χ0v) is 10.5. The fraction of sp³-hybridized carbons (Fsp3) is 0.308. The first kappa shape index (κ1) is 14.7. The molecule has 0 spiro atoms. The molecule has 2 N–H and O–H groups in total. The van der Waals surface area contributed by atoms with Crippen LogP contribution in [0.5, 0.6) is 0 Å². The van der Waals surface area contributed by atoms with E-state index in [1.807, 2.05) is 0 Å². The molecular formula is C13H15NO5. The molecule has 1 rings (SSSR count). The summed E-state index contributed by atoms with van der Waals surface area (Å²) in [7, 11) is 0. The Labute approximate surface area is 110 Å². The van der Waals surface area contributed by atoms with Crippen molar-refractivity contribution in [3.63, 3.8) is 0 Å². The highest BCUT2D eigenvalue weighted by molar-refractivity contribution is 5.94. The van der Waals surface area contributed by atoms with E-state index in [2.05, 4.69) is 0 Å². The number of carbonyl (C=O) groups excluding carboxylic acids is 1. The number of anilines is 1. The highest BCUT2D eigenvalue weighted by Crippen LogP contribution is 2.16. The fourth-order valence-corrected chi connectivity index (χ4v) is 1.60. The number of ketones is 1. The first-order chi connectivity index (χ1) is 8.90. The summed E-state index contributed by atoms with van der Waals surface area (Å²) in [6, 6.07) is 6.41. The van der Waals surface area contributed by atoms with Gasteiger partial charge in [-0.15, -0.1) is 0 Å². The van der Waals surface area contributed by atoms with Gasteiger partial charge in [0, 0.05) is 17.8 Å². The maximum absolute atomic E-state index is 11.1. The fourth-order valence-electron chi connectivity index (χ4n) is 1.60. The van der Waals surface area contributed by atoms with Crippen molar-refractivity contribution in [3.05, 3.63) is 29.8 Å². The summed E-state index contributed by atoms with van der Waals surface area (Å²) < 4.78 is 0. The number of carboxylic acids is 2. The SMILES string of the molecule is CC(=O)c1ccc(N(CCC(=O)O)CC(=O)O)cc1. The molecule has 0 saturated carbocycles. The minimum Gasteiger partial charge on any atom is -0.481 e. The van der Waals surface area contributed by atoms with Gasteiger partial charge >= 0.3 is 11.9 Å². The summed E-state index contributed by atoms with van der Waals surface area (Å²) in [6.07, 6.45) is -0.151. The van der Waals surface area contributed by atoms with Crippen molar-refractivity contribution in [2.75, 3.05) is 18.0 Å². The summed E-state index contributed by atoms with van der Waals surface area (Å²) in [5.74, 6) is -2.11. The van der Waals surface area contributed by atoms with Crippen LogP contribution in [-0.2, 0) is 9.59 Å². The predicted molar refractivity (Wildman–Crippen MR) is 68.5 cm³/mol. The second kappa shape index (κ2) is 6.53. The standard InChI is InChI=1S/C13H15NO5/c1-9(15)10-2-4-11(5-3-10)14(8-13(18)19)7-6-12(16)17/h2-5H,6-8H2,1H3,(H,16,17)(H,18,19). The maximum atomic E-state index is 11.1. The van der Waals surface area contributed by atoms with Crippen molar-refractivity contribution < 1.29 is 24.6 Å². The molecule has 0 fully saturated rings. The van der Waals surface area contributed by atoms with Gasteiger partial charge in [0.1, 0.15) is 6.54 Å². The van der Waals surface area contributed by atoms with Gasteiger partial charge in [0.25, 0.3) is 0 Å².